The van der Waals surface area contributed by atoms with Crippen LogP contribution >= 0.6 is 0 Å². The Morgan fingerprint density at radius 2 is 2.10 bits per heavy atom. The van der Waals surface area contributed by atoms with Crippen molar-refractivity contribution in [2.24, 2.45) is 5.73 Å². The number of anilines is 1. The average molecular weight is 298 g/mol. The second-order valence-electron chi connectivity index (χ2n) is 4.43. The Balaban J connectivity index is 2.41. The number of aromatic amines is 1. The largest absolute Gasteiger partial charge is 0.326 e. The van der Waals surface area contributed by atoms with Gasteiger partial charge in [-0.25, -0.2) is 4.39 Å². The Hall–Kier alpha value is -1.93. The number of nitrogens with one attached hydrogen (secondary N) is 2. The van der Waals surface area contributed by atoms with E-state index in [2.05, 4.69) is 14.9 Å². The van der Waals surface area contributed by atoms with Gasteiger partial charge in [0, 0.05) is 17.8 Å². The molecule has 2 rings (SSSR count). The molecule has 1 aromatic heterocycles. The highest BCUT2D eigenvalue weighted by atomic mass is 32.2. The fraction of sp³-hybridized carbons (Fsp3) is 0.250. The molecular weight excluding hydrogens is 283 g/mol. The topological polar surface area (TPSA) is 101 Å². The summed E-state index contributed by atoms with van der Waals surface area (Å²) in [6, 6.07) is 4.22. The third-order valence-corrected chi connectivity index (χ3v) is 4.20. The van der Waals surface area contributed by atoms with Crippen LogP contribution in [0, 0.1) is 19.7 Å². The molecule has 6 nitrogen and oxygen atoms in total. The second-order valence-corrected chi connectivity index (χ2v) is 6.02. The van der Waals surface area contributed by atoms with Crippen molar-refractivity contribution in [2.75, 3.05) is 4.72 Å². The Kier molecular flexibility index (Phi) is 3.78. The molecule has 20 heavy (non-hydrogen) atoms. The highest BCUT2D eigenvalue weighted by molar-refractivity contribution is 7.92. The minimum Gasteiger partial charge on any atom is -0.326 e. The van der Waals surface area contributed by atoms with Gasteiger partial charge in [0.25, 0.3) is 10.0 Å². The molecule has 8 heteroatoms. The van der Waals surface area contributed by atoms with E-state index >= 15 is 0 Å². The van der Waals surface area contributed by atoms with Gasteiger partial charge in [-0.2, -0.15) is 13.5 Å². The maximum Gasteiger partial charge on any atom is 0.281 e. The van der Waals surface area contributed by atoms with Crippen LogP contribution in [-0.4, -0.2) is 18.6 Å². The zero-order chi connectivity index (χ0) is 14.9. The Morgan fingerprint density at radius 3 is 2.70 bits per heavy atom. The number of hydrogen-bond acceptors (Lipinski definition) is 4. The smallest absolute Gasteiger partial charge is 0.281 e. The molecule has 0 aliphatic carbocycles. The van der Waals surface area contributed by atoms with Gasteiger partial charge in [-0.3, -0.25) is 9.82 Å². The predicted molar refractivity (Wildman–Crippen MR) is 73.2 cm³/mol. The number of benzene rings is 1. The molecule has 0 saturated carbocycles. The van der Waals surface area contributed by atoms with Crippen LogP contribution in [0.3, 0.4) is 0 Å². The summed E-state index contributed by atoms with van der Waals surface area (Å²) >= 11 is 0. The van der Waals surface area contributed by atoms with E-state index in [1.807, 2.05) is 0 Å². The number of nitrogens with two attached hydrogens (primary N) is 1. The lowest BCUT2D eigenvalue weighted by Crippen LogP contribution is -2.17. The number of hydrogen-bond donors (Lipinski definition) is 3. The van der Waals surface area contributed by atoms with Crippen LogP contribution in [0.15, 0.2) is 23.2 Å². The van der Waals surface area contributed by atoms with E-state index in [0.717, 1.165) is 0 Å². The quantitative estimate of drug-likeness (QED) is 0.794. The van der Waals surface area contributed by atoms with E-state index in [1.54, 1.807) is 19.9 Å². The normalized spacial score (nSPS) is 11.6. The van der Waals surface area contributed by atoms with Gasteiger partial charge in [0.05, 0.1) is 5.69 Å². The van der Waals surface area contributed by atoms with Crippen molar-refractivity contribution in [3.63, 3.8) is 0 Å². The van der Waals surface area contributed by atoms with E-state index in [0.29, 0.717) is 16.8 Å². The number of aromatic nitrogens is 2. The van der Waals surface area contributed by atoms with Gasteiger partial charge in [0.15, 0.2) is 0 Å². The second kappa shape index (κ2) is 5.22. The molecule has 0 bridgehead atoms. The fourth-order valence-electron chi connectivity index (χ4n) is 1.79. The van der Waals surface area contributed by atoms with Crippen LogP contribution in [0.1, 0.15) is 16.8 Å². The van der Waals surface area contributed by atoms with Crippen LogP contribution in [0.2, 0.25) is 0 Å². The highest BCUT2D eigenvalue weighted by Gasteiger charge is 2.24. The number of rotatable bonds is 4. The minimum atomic E-state index is -3.98. The van der Waals surface area contributed by atoms with Crippen LogP contribution in [-0.2, 0) is 16.6 Å². The molecular formula is C12H15FN4O2S. The average Bonchev–Trinajstić information content (AvgIpc) is 2.74. The third-order valence-electron chi connectivity index (χ3n) is 2.86. The summed E-state index contributed by atoms with van der Waals surface area (Å²) in [7, 11) is -3.98. The van der Waals surface area contributed by atoms with Crippen molar-refractivity contribution in [2.45, 2.75) is 25.4 Å². The molecule has 4 N–H and O–H groups in total. The molecule has 0 saturated heterocycles. The molecule has 108 valence electrons. The Morgan fingerprint density at radius 1 is 1.40 bits per heavy atom. The minimum absolute atomic E-state index is 0.0228. The molecule has 0 aliphatic heterocycles. The molecule has 0 amide bonds. The molecule has 0 atom stereocenters. The van der Waals surface area contributed by atoms with Gasteiger partial charge < -0.3 is 5.73 Å². The monoisotopic (exact) mass is 298 g/mol. The zero-order valence-electron chi connectivity index (χ0n) is 11.1. The lowest BCUT2D eigenvalue weighted by atomic mass is 10.2. The van der Waals surface area contributed by atoms with Crippen molar-refractivity contribution in [3.8, 4) is 0 Å². The number of nitrogens with zero attached hydrogens (tertiary/aromatic N) is 1. The Bertz CT molecular complexity index is 740. The van der Waals surface area contributed by atoms with Crippen LogP contribution in [0.5, 0.6) is 0 Å². The summed E-state index contributed by atoms with van der Waals surface area (Å²) in [5.41, 5.74) is 7.03. The number of sulfonamides is 1. The fourth-order valence-corrected chi connectivity index (χ4v) is 3.07. The summed E-state index contributed by atoms with van der Waals surface area (Å²) in [5.74, 6) is -0.643. The molecule has 0 fully saturated rings. The standard InChI is InChI=1S/C12H15FN4O2S/c1-7-3-4-11(10(13)5-7)17-20(18,19)12-9(6-14)8(2)15-16-12/h3-5,17H,6,14H2,1-2H3,(H,15,16). The number of H-pyrrole nitrogens is 1. The third kappa shape index (κ3) is 2.66. The maximum absolute atomic E-state index is 13.7. The molecule has 0 aliphatic rings. The molecule has 0 radical (unpaired) electrons. The first-order chi connectivity index (χ1) is 9.35. The molecule has 0 spiro atoms. The lowest BCUT2D eigenvalue weighted by molar-refractivity contribution is 0.593. The molecule has 1 heterocycles. The summed E-state index contributed by atoms with van der Waals surface area (Å²) in [6.45, 7) is 3.40. The summed E-state index contributed by atoms with van der Waals surface area (Å²) in [4.78, 5) is 0. The van der Waals surface area contributed by atoms with E-state index in [4.69, 9.17) is 5.73 Å². The number of aryl methyl sites for hydroxylation is 2. The van der Waals surface area contributed by atoms with Crippen molar-refractivity contribution in [3.05, 3.63) is 40.8 Å². The van der Waals surface area contributed by atoms with Crippen LogP contribution < -0.4 is 10.5 Å². The maximum atomic E-state index is 13.7. The first kappa shape index (κ1) is 14.5. The molecule has 2 aromatic rings. The van der Waals surface area contributed by atoms with E-state index in [9.17, 15) is 12.8 Å². The highest BCUT2D eigenvalue weighted by Crippen LogP contribution is 2.22. The van der Waals surface area contributed by atoms with Gasteiger partial charge in [-0.15, -0.1) is 0 Å². The van der Waals surface area contributed by atoms with Crippen LogP contribution in [0.25, 0.3) is 0 Å². The SMILES string of the molecule is Cc1ccc(NS(=O)(=O)c2n[nH]c(C)c2CN)c(F)c1. The number of halogens is 1. The first-order valence-electron chi connectivity index (χ1n) is 5.88. The summed E-state index contributed by atoms with van der Waals surface area (Å²) in [6.07, 6.45) is 0. The molecule has 1 aromatic carbocycles. The lowest BCUT2D eigenvalue weighted by Gasteiger charge is -2.08. The van der Waals surface area contributed by atoms with Gasteiger partial charge in [0.2, 0.25) is 5.03 Å². The van der Waals surface area contributed by atoms with Gasteiger partial charge in [-0.1, -0.05) is 6.07 Å². The van der Waals surface area contributed by atoms with Crippen molar-refractivity contribution in [1.82, 2.24) is 10.2 Å². The van der Waals surface area contributed by atoms with E-state index in [-0.39, 0.29) is 17.3 Å². The van der Waals surface area contributed by atoms with Crippen molar-refractivity contribution in [1.29, 1.82) is 0 Å². The van der Waals surface area contributed by atoms with E-state index in [1.165, 1.54) is 12.1 Å². The van der Waals surface area contributed by atoms with Gasteiger partial charge in [-0.05, 0) is 31.5 Å². The molecule has 0 unspecified atom stereocenters. The van der Waals surface area contributed by atoms with Gasteiger partial charge >= 0.3 is 0 Å². The van der Waals surface area contributed by atoms with Gasteiger partial charge in [0.1, 0.15) is 5.82 Å². The van der Waals surface area contributed by atoms with E-state index < -0.39 is 15.8 Å². The first-order valence-corrected chi connectivity index (χ1v) is 7.36. The van der Waals surface area contributed by atoms with Crippen molar-refractivity contribution >= 4 is 15.7 Å². The Labute approximate surface area is 116 Å². The predicted octanol–water partition coefficient (Wildman–Crippen LogP) is 1.43. The summed E-state index contributed by atoms with van der Waals surface area (Å²) < 4.78 is 40.3. The van der Waals surface area contributed by atoms with Crippen molar-refractivity contribution < 1.29 is 12.8 Å². The summed E-state index contributed by atoms with van der Waals surface area (Å²) in [5, 5.41) is 6.07. The van der Waals surface area contributed by atoms with Crippen LogP contribution in [0.4, 0.5) is 10.1 Å². The zero-order valence-corrected chi connectivity index (χ0v) is 11.9.